The average Bonchev–Trinajstić information content (AvgIpc) is 2.63. The third-order valence-corrected chi connectivity index (χ3v) is 4.72. The molecule has 0 amide bonds. The lowest BCUT2D eigenvalue weighted by atomic mass is 10.1. The molecular formula is C19H30BrN3O2. The number of methoxy groups -OCH3 is 1. The number of nitrogens with zero attached hydrogens (tertiary/aromatic N) is 2. The summed E-state index contributed by atoms with van der Waals surface area (Å²) >= 11 is 3.52. The van der Waals surface area contributed by atoms with Gasteiger partial charge in [0.2, 0.25) is 0 Å². The van der Waals surface area contributed by atoms with E-state index in [1.807, 2.05) is 12.1 Å². The van der Waals surface area contributed by atoms with Crippen LogP contribution in [-0.4, -0.2) is 56.9 Å². The Kier molecular flexibility index (Phi) is 9.29. The zero-order chi connectivity index (χ0) is 17.9. The number of ether oxygens (including phenoxy) is 2. The minimum Gasteiger partial charge on any atom is -0.385 e. The van der Waals surface area contributed by atoms with Crippen molar-refractivity contribution in [2.45, 2.75) is 38.8 Å². The fourth-order valence-electron chi connectivity index (χ4n) is 2.91. The molecule has 0 bridgehead atoms. The number of piperidine rings is 1. The highest BCUT2D eigenvalue weighted by Crippen LogP contribution is 2.15. The Labute approximate surface area is 159 Å². The molecule has 1 aliphatic rings. The summed E-state index contributed by atoms with van der Waals surface area (Å²) in [5.41, 5.74) is 1.21. The third kappa shape index (κ3) is 7.34. The van der Waals surface area contributed by atoms with Gasteiger partial charge in [-0.1, -0.05) is 28.1 Å². The number of rotatable bonds is 8. The molecule has 2 rings (SSSR count). The maximum absolute atomic E-state index is 5.94. The Morgan fingerprint density at radius 3 is 2.80 bits per heavy atom. The van der Waals surface area contributed by atoms with Crippen molar-refractivity contribution in [3.8, 4) is 0 Å². The standard InChI is InChI=1S/C19H30BrN3O2/c1-3-21-19(22-15-16-6-4-7-17(20)14-16)23-10-8-18(9-11-23)25-13-5-12-24-2/h4,6-7,14,18H,3,5,8-13,15H2,1-2H3,(H,21,22). The molecule has 140 valence electrons. The largest absolute Gasteiger partial charge is 0.385 e. The summed E-state index contributed by atoms with van der Waals surface area (Å²) in [7, 11) is 1.73. The van der Waals surface area contributed by atoms with Gasteiger partial charge in [-0.25, -0.2) is 4.99 Å². The van der Waals surface area contributed by atoms with Gasteiger partial charge in [0.05, 0.1) is 12.6 Å². The van der Waals surface area contributed by atoms with E-state index in [1.54, 1.807) is 7.11 Å². The predicted octanol–water partition coefficient (Wildman–Crippen LogP) is 3.43. The first-order valence-corrected chi connectivity index (χ1v) is 9.90. The molecule has 5 nitrogen and oxygen atoms in total. The van der Waals surface area contributed by atoms with E-state index >= 15 is 0 Å². The lowest BCUT2D eigenvalue weighted by Gasteiger charge is -2.34. The van der Waals surface area contributed by atoms with Gasteiger partial charge < -0.3 is 19.7 Å². The molecular weight excluding hydrogens is 382 g/mol. The molecule has 0 aromatic heterocycles. The number of halogens is 1. The molecule has 1 aromatic carbocycles. The van der Waals surface area contributed by atoms with Crippen LogP contribution in [0.15, 0.2) is 33.7 Å². The van der Waals surface area contributed by atoms with Gasteiger partial charge in [-0.2, -0.15) is 0 Å². The predicted molar refractivity (Wildman–Crippen MR) is 106 cm³/mol. The Morgan fingerprint density at radius 2 is 2.12 bits per heavy atom. The van der Waals surface area contributed by atoms with E-state index in [2.05, 4.69) is 45.2 Å². The topological polar surface area (TPSA) is 46.1 Å². The number of hydrogen-bond donors (Lipinski definition) is 1. The van der Waals surface area contributed by atoms with E-state index in [1.165, 1.54) is 5.56 Å². The van der Waals surface area contributed by atoms with Crippen LogP contribution >= 0.6 is 15.9 Å². The van der Waals surface area contributed by atoms with E-state index in [4.69, 9.17) is 14.5 Å². The van der Waals surface area contributed by atoms with Crippen molar-refractivity contribution in [1.29, 1.82) is 0 Å². The molecule has 1 saturated heterocycles. The van der Waals surface area contributed by atoms with Crippen molar-refractivity contribution < 1.29 is 9.47 Å². The number of guanidine groups is 1. The highest BCUT2D eigenvalue weighted by molar-refractivity contribution is 9.10. The van der Waals surface area contributed by atoms with Gasteiger partial charge in [0.25, 0.3) is 0 Å². The van der Waals surface area contributed by atoms with Crippen LogP contribution in [0.4, 0.5) is 0 Å². The van der Waals surface area contributed by atoms with Crippen molar-refractivity contribution in [2.75, 3.05) is 40.0 Å². The Hall–Kier alpha value is -1.11. The maximum Gasteiger partial charge on any atom is 0.194 e. The molecule has 1 aromatic rings. The average molecular weight is 412 g/mol. The molecule has 1 aliphatic heterocycles. The highest BCUT2D eigenvalue weighted by Gasteiger charge is 2.21. The molecule has 1 N–H and O–H groups in total. The number of benzene rings is 1. The second-order valence-electron chi connectivity index (χ2n) is 6.20. The zero-order valence-electron chi connectivity index (χ0n) is 15.3. The fraction of sp³-hybridized carbons (Fsp3) is 0.632. The van der Waals surface area contributed by atoms with Crippen LogP contribution in [0.25, 0.3) is 0 Å². The molecule has 0 unspecified atom stereocenters. The second-order valence-corrected chi connectivity index (χ2v) is 7.12. The quantitative estimate of drug-likeness (QED) is 0.404. The van der Waals surface area contributed by atoms with Crippen molar-refractivity contribution >= 4 is 21.9 Å². The van der Waals surface area contributed by atoms with Gasteiger partial charge in [-0.05, 0) is 43.9 Å². The van der Waals surface area contributed by atoms with Crippen LogP contribution in [0.2, 0.25) is 0 Å². The minimum absolute atomic E-state index is 0.362. The smallest absolute Gasteiger partial charge is 0.194 e. The van der Waals surface area contributed by atoms with E-state index in [9.17, 15) is 0 Å². The van der Waals surface area contributed by atoms with Gasteiger partial charge in [-0.15, -0.1) is 0 Å². The van der Waals surface area contributed by atoms with Crippen molar-refractivity contribution in [3.63, 3.8) is 0 Å². The normalized spacial score (nSPS) is 16.3. The molecule has 6 heteroatoms. The van der Waals surface area contributed by atoms with Crippen LogP contribution in [-0.2, 0) is 16.0 Å². The van der Waals surface area contributed by atoms with E-state index in [0.29, 0.717) is 12.6 Å². The van der Waals surface area contributed by atoms with Gasteiger partial charge in [0.15, 0.2) is 5.96 Å². The van der Waals surface area contributed by atoms with Crippen molar-refractivity contribution in [1.82, 2.24) is 10.2 Å². The van der Waals surface area contributed by atoms with E-state index in [-0.39, 0.29) is 0 Å². The summed E-state index contributed by atoms with van der Waals surface area (Å²) in [5.74, 6) is 1.00. The fourth-order valence-corrected chi connectivity index (χ4v) is 3.36. The molecule has 0 saturated carbocycles. The lowest BCUT2D eigenvalue weighted by molar-refractivity contribution is 0.00990. The van der Waals surface area contributed by atoms with Gasteiger partial charge in [0.1, 0.15) is 0 Å². The summed E-state index contributed by atoms with van der Waals surface area (Å²) in [6.45, 7) is 7.21. The monoisotopic (exact) mass is 411 g/mol. The van der Waals surface area contributed by atoms with Crippen LogP contribution in [0.5, 0.6) is 0 Å². The van der Waals surface area contributed by atoms with Crippen molar-refractivity contribution in [3.05, 3.63) is 34.3 Å². The molecule has 1 heterocycles. The van der Waals surface area contributed by atoms with Crippen molar-refractivity contribution in [2.24, 2.45) is 4.99 Å². The molecule has 25 heavy (non-hydrogen) atoms. The SMILES string of the molecule is CCNC(=NCc1cccc(Br)c1)N1CCC(OCCCOC)CC1. The molecule has 0 aliphatic carbocycles. The summed E-state index contributed by atoms with van der Waals surface area (Å²) in [4.78, 5) is 7.16. The first-order valence-electron chi connectivity index (χ1n) is 9.11. The highest BCUT2D eigenvalue weighted by atomic mass is 79.9. The molecule has 1 fully saturated rings. The minimum atomic E-state index is 0.362. The van der Waals surface area contributed by atoms with E-state index in [0.717, 1.165) is 62.5 Å². The molecule has 0 spiro atoms. The number of hydrogen-bond acceptors (Lipinski definition) is 3. The molecule has 0 atom stereocenters. The second kappa shape index (κ2) is 11.5. The number of nitrogens with one attached hydrogen (secondary N) is 1. The van der Waals surface area contributed by atoms with Gasteiger partial charge in [0, 0.05) is 44.4 Å². The third-order valence-electron chi connectivity index (χ3n) is 4.22. The van der Waals surface area contributed by atoms with Crippen LogP contribution in [0, 0.1) is 0 Å². The van der Waals surface area contributed by atoms with Gasteiger partial charge >= 0.3 is 0 Å². The Balaban J connectivity index is 1.83. The summed E-state index contributed by atoms with van der Waals surface area (Å²) in [5, 5.41) is 3.42. The summed E-state index contributed by atoms with van der Waals surface area (Å²) in [6.07, 6.45) is 3.43. The van der Waals surface area contributed by atoms with Crippen LogP contribution < -0.4 is 5.32 Å². The Bertz CT molecular complexity index is 531. The Morgan fingerprint density at radius 1 is 1.32 bits per heavy atom. The van der Waals surface area contributed by atoms with E-state index < -0.39 is 0 Å². The van der Waals surface area contributed by atoms with Crippen LogP contribution in [0.3, 0.4) is 0 Å². The van der Waals surface area contributed by atoms with Crippen LogP contribution in [0.1, 0.15) is 31.7 Å². The first kappa shape index (κ1) is 20.2. The zero-order valence-corrected chi connectivity index (χ0v) is 16.9. The lowest BCUT2D eigenvalue weighted by Crippen LogP contribution is -2.47. The molecule has 0 radical (unpaired) electrons. The number of aliphatic imine (C=N–C) groups is 1. The summed E-state index contributed by atoms with van der Waals surface area (Å²) in [6, 6.07) is 8.31. The number of likely N-dealkylation sites (tertiary alicyclic amines) is 1. The van der Waals surface area contributed by atoms with Gasteiger partial charge in [-0.3, -0.25) is 0 Å². The first-order chi connectivity index (χ1) is 12.2. The maximum atomic E-state index is 5.94. The summed E-state index contributed by atoms with van der Waals surface area (Å²) < 4.78 is 12.1.